The van der Waals surface area contributed by atoms with Crippen molar-refractivity contribution in [2.24, 2.45) is 0 Å². The van der Waals surface area contributed by atoms with E-state index >= 15 is 0 Å². The van der Waals surface area contributed by atoms with Crippen LogP contribution in [0.4, 0.5) is 0 Å². The van der Waals surface area contributed by atoms with Crippen LogP contribution in [0.5, 0.6) is 5.75 Å². The van der Waals surface area contributed by atoms with Crippen LogP contribution in [-0.2, 0) is 6.42 Å². The Hall–Kier alpha value is -1.84. The lowest BCUT2D eigenvalue weighted by Gasteiger charge is -2.43. The monoisotopic (exact) mass is 392 g/mol. The Kier molecular flexibility index (Phi) is 7.23. The molecule has 3 nitrogen and oxygen atoms in total. The largest absolute Gasteiger partial charge is 0.494 e. The van der Waals surface area contributed by atoms with Gasteiger partial charge < -0.3 is 4.74 Å². The molecule has 1 unspecified atom stereocenters. The molecule has 0 aromatic heterocycles. The summed E-state index contributed by atoms with van der Waals surface area (Å²) in [6.45, 7) is 7.54. The van der Waals surface area contributed by atoms with Gasteiger partial charge in [0.05, 0.1) is 6.61 Å². The molecule has 1 aliphatic carbocycles. The van der Waals surface area contributed by atoms with Crippen molar-refractivity contribution in [2.45, 2.75) is 57.5 Å². The minimum absolute atomic E-state index is 0.447. The number of nitrogens with zero attached hydrogens (tertiary/aromatic N) is 2. The molecule has 0 N–H and O–H groups in total. The van der Waals surface area contributed by atoms with Gasteiger partial charge in [-0.3, -0.25) is 9.80 Å². The summed E-state index contributed by atoms with van der Waals surface area (Å²) in [6.07, 6.45) is 8.17. The quantitative estimate of drug-likeness (QED) is 0.634. The van der Waals surface area contributed by atoms with E-state index in [1.54, 1.807) is 0 Å². The van der Waals surface area contributed by atoms with E-state index in [-0.39, 0.29) is 0 Å². The highest BCUT2D eigenvalue weighted by Crippen LogP contribution is 2.29. The molecule has 2 aliphatic rings. The van der Waals surface area contributed by atoms with Crippen molar-refractivity contribution in [2.75, 3.05) is 32.8 Å². The van der Waals surface area contributed by atoms with Gasteiger partial charge in [-0.1, -0.05) is 61.7 Å². The molecule has 0 spiro atoms. The Bertz CT molecular complexity index is 716. The molecule has 1 heterocycles. The number of benzene rings is 2. The summed E-state index contributed by atoms with van der Waals surface area (Å²) < 4.78 is 5.62. The van der Waals surface area contributed by atoms with Gasteiger partial charge in [0.1, 0.15) is 5.75 Å². The summed E-state index contributed by atoms with van der Waals surface area (Å²) >= 11 is 0. The van der Waals surface area contributed by atoms with Crippen molar-refractivity contribution < 1.29 is 4.74 Å². The summed E-state index contributed by atoms with van der Waals surface area (Å²) in [4.78, 5) is 5.49. The van der Waals surface area contributed by atoms with Crippen LogP contribution < -0.4 is 4.74 Å². The molecule has 0 amide bonds. The second-order valence-electron chi connectivity index (χ2n) is 8.57. The first-order valence-electron chi connectivity index (χ1n) is 11.6. The highest BCUT2D eigenvalue weighted by Gasteiger charge is 2.29. The number of hydrogen-bond acceptors (Lipinski definition) is 3. The van der Waals surface area contributed by atoms with Gasteiger partial charge in [0, 0.05) is 38.3 Å². The van der Waals surface area contributed by atoms with E-state index < -0.39 is 0 Å². The smallest absolute Gasteiger partial charge is 0.119 e. The lowest BCUT2D eigenvalue weighted by atomic mass is 9.93. The maximum atomic E-state index is 5.62. The van der Waals surface area contributed by atoms with E-state index in [1.165, 1.54) is 69.4 Å². The molecule has 2 fully saturated rings. The second-order valence-corrected chi connectivity index (χ2v) is 8.57. The van der Waals surface area contributed by atoms with Crippen molar-refractivity contribution in [1.82, 2.24) is 9.80 Å². The second kappa shape index (κ2) is 10.3. The Morgan fingerprint density at radius 1 is 0.862 bits per heavy atom. The van der Waals surface area contributed by atoms with Crippen LogP contribution >= 0.6 is 0 Å². The van der Waals surface area contributed by atoms with Crippen molar-refractivity contribution in [3.05, 3.63) is 65.7 Å². The summed E-state index contributed by atoms with van der Waals surface area (Å²) in [6, 6.07) is 21.1. The van der Waals surface area contributed by atoms with Gasteiger partial charge in [-0.15, -0.1) is 0 Å². The third-order valence-corrected chi connectivity index (χ3v) is 6.73. The average Bonchev–Trinajstić information content (AvgIpc) is 2.80. The molecule has 0 radical (unpaired) electrons. The topological polar surface area (TPSA) is 15.7 Å². The maximum absolute atomic E-state index is 5.62. The molecule has 0 bridgehead atoms. The van der Waals surface area contributed by atoms with Crippen LogP contribution in [0.1, 0.15) is 56.2 Å². The summed E-state index contributed by atoms with van der Waals surface area (Å²) in [5.41, 5.74) is 2.82. The summed E-state index contributed by atoms with van der Waals surface area (Å²) in [5, 5.41) is 0. The molecule has 156 valence electrons. The Balaban J connectivity index is 1.43. The number of ether oxygens (including phenoxy) is 1. The summed E-state index contributed by atoms with van der Waals surface area (Å²) in [5.74, 6) is 0.966. The van der Waals surface area contributed by atoms with Gasteiger partial charge in [0.15, 0.2) is 0 Å². The van der Waals surface area contributed by atoms with Gasteiger partial charge in [-0.05, 0) is 49.4 Å². The van der Waals surface area contributed by atoms with Crippen LogP contribution in [0.3, 0.4) is 0 Å². The van der Waals surface area contributed by atoms with Crippen LogP contribution in [0.2, 0.25) is 0 Å². The molecule has 3 heteroatoms. The predicted octanol–water partition coefficient (Wildman–Crippen LogP) is 5.32. The van der Waals surface area contributed by atoms with E-state index in [9.17, 15) is 0 Å². The zero-order valence-corrected chi connectivity index (χ0v) is 17.9. The molecule has 1 aliphatic heterocycles. The molecular weight excluding hydrogens is 356 g/mol. The first kappa shape index (κ1) is 20.4. The van der Waals surface area contributed by atoms with Gasteiger partial charge in [-0.25, -0.2) is 0 Å². The standard InChI is InChI=1S/C26H36N2O/c1-2-29-25-15-13-22(14-16-25)21-26(23-9-5-3-6-10-23)28-19-17-27(18-20-28)24-11-7-4-8-12-24/h3,5-6,9-10,13-16,24,26H,2,4,7-8,11-12,17-21H2,1H3. The summed E-state index contributed by atoms with van der Waals surface area (Å²) in [7, 11) is 0. The zero-order valence-electron chi connectivity index (χ0n) is 17.9. The van der Waals surface area contributed by atoms with Crippen LogP contribution in [-0.4, -0.2) is 48.6 Å². The van der Waals surface area contributed by atoms with Gasteiger partial charge in [0.2, 0.25) is 0 Å². The zero-order chi connectivity index (χ0) is 19.9. The average molecular weight is 393 g/mol. The van der Waals surface area contributed by atoms with Crippen molar-refractivity contribution in [3.8, 4) is 5.75 Å². The van der Waals surface area contributed by atoms with Crippen LogP contribution in [0.15, 0.2) is 54.6 Å². The van der Waals surface area contributed by atoms with Crippen molar-refractivity contribution >= 4 is 0 Å². The van der Waals surface area contributed by atoms with E-state index in [4.69, 9.17) is 4.74 Å². The Morgan fingerprint density at radius 3 is 2.21 bits per heavy atom. The van der Waals surface area contributed by atoms with Crippen molar-refractivity contribution in [1.29, 1.82) is 0 Å². The fraction of sp³-hybridized carbons (Fsp3) is 0.538. The van der Waals surface area contributed by atoms with E-state index in [0.717, 1.165) is 24.8 Å². The lowest BCUT2D eigenvalue weighted by Crippen LogP contribution is -2.51. The third kappa shape index (κ3) is 5.40. The minimum atomic E-state index is 0.447. The predicted molar refractivity (Wildman–Crippen MR) is 121 cm³/mol. The van der Waals surface area contributed by atoms with Gasteiger partial charge in [0.25, 0.3) is 0 Å². The number of rotatable bonds is 7. The lowest BCUT2D eigenvalue weighted by molar-refractivity contribution is 0.0559. The molecule has 1 saturated heterocycles. The normalized spacial score (nSPS) is 20.4. The minimum Gasteiger partial charge on any atom is -0.494 e. The Morgan fingerprint density at radius 2 is 1.55 bits per heavy atom. The number of piperazine rings is 1. The highest BCUT2D eigenvalue weighted by atomic mass is 16.5. The van der Waals surface area contributed by atoms with Gasteiger partial charge >= 0.3 is 0 Å². The molecule has 29 heavy (non-hydrogen) atoms. The van der Waals surface area contributed by atoms with E-state index in [0.29, 0.717) is 6.04 Å². The Labute approximate surface area is 176 Å². The molecule has 1 atom stereocenters. The van der Waals surface area contributed by atoms with Crippen LogP contribution in [0.25, 0.3) is 0 Å². The third-order valence-electron chi connectivity index (χ3n) is 6.73. The maximum Gasteiger partial charge on any atom is 0.119 e. The SMILES string of the molecule is CCOc1ccc(CC(c2ccccc2)N2CCN(C3CCCCC3)CC2)cc1. The molecule has 1 saturated carbocycles. The number of hydrogen-bond donors (Lipinski definition) is 0. The van der Waals surface area contributed by atoms with Crippen LogP contribution in [0, 0.1) is 0 Å². The van der Waals surface area contributed by atoms with E-state index in [2.05, 4.69) is 64.4 Å². The fourth-order valence-corrected chi connectivity index (χ4v) is 5.11. The molecule has 2 aromatic carbocycles. The molecule has 4 rings (SSSR count). The molecule has 2 aromatic rings. The first-order chi connectivity index (χ1) is 14.3. The van der Waals surface area contributed by atoms with Gasteiger partial charge in [-0.2, -0.15) is 0 Å². The fourth-order valence-electron chi connectivity index (χ4n) is 5.11. The first-order valence-corrected chi connectivity index (χ1v) is 11.6. The van der Waals surface area contributed by atoms with Crippen molar-refractivity contribution in [3.63, 3.8) is 0 Å². The highest BCUT2D eigenvalue weighted by molar-refractivity contribution is 5.29. The van der Waals surface area contributed by atoms with E-state index in [1.807, 2.05) is 6.92 Å². The molecular formula is C26H36N2O.